The highest BCUT2D eigenvalue weighted by molar-refractivity contribution is 7.80. The molecule has 0 rings (SSSR count). The number of hydrogen-bond acceptors (Lipinski definition) is 7. The quantitative estimate of drug-likeness (QED) is 0.203. The zero-order valence-electron chi connectivity index (χ0n) is 13.5. The average Bonchev–Trinajstić information content (AvgIpc) is 2.53. The van der Waals surface area contributed by atoms with Gasteiger partial charge < -0.3 is 31.9 Å². The van der Waals surface area contributed by atoms with E-state index >= 15 is 0 Å². The summed E-state index contributed by atoms with van der Waals surface area (Å²) in [6.45, 7) is 2.12. The van der Waals surface area contributed by atoms with Crippen molar-refractivity contribution in [1.82, 2.24) is 16.0 Å². The molecule has 0 saturated heterocycles. The lowest BCUT2D eigenvalue weighted by Gasteiger charge is -2.23. The largest absolute Gasteiger partial charge is 0.480 e. The van der Waals surface area contributed by atoms with Crippen molar-refractivity contribution in [2.75, 3.05) is 18.9 Å². The van der Waals surface area contributed by atoms with Gasteiger partial charge in [-0.3, -0.25) is 14.4 Å². The number of hydrogen-bond donors (Lipinski definition) is 7. The number of amides is 3. The van der Waals surface area contributed by atoms with E-state index in [2.05, 4.69) is 23.3 Å². The van der Waals surface area contributed by atoms with Crippen molar-refractivity contribution in [3.8, 4) is 0 Å². The molecule has 0 aromatic carbocycles. The van der Waals surface area contributed by atoms with E-state index in [-0.39, 0.29) is 11.7 Å². The number of carboxylic acid groups (broad SMARTS) is 1. The number of thiol groups is 1. The minimum absolute atomic E-state index is 0.110. The summed E-state index contributed by atoms with van der Waals surface area (Å²) in [7, 11) is 0. The van der Waals surface area contributed by atoms with Crippen molar-refractivity contribution >= 4 is 36.3 Å². The molecule has 0 radical (unpaired) electrons. The van der Waals surface area contributed by atoms with Crippen molar-refractivity contribution in [2.24, 2.45) is 11.7 Å². The Kier molecular flexibility index (Phi) is 10.0. The van der Waals surface area contributed by atoms with Crippen LogP contribution in [0.1, 0.15) is 13.8 Å². The number of nitrogens with two attached hydrogens (primary N) is 1. The van der Waals surface area contributed by atoms with Crippen LogP contribution in [-0.4, -0.2) is 70.9 Å². The normalized spacial score (nSPS) is 14.4. The van der Waals surface area contributed by atoms with Gasteiger partial charge in [0, 0.05) is 5.75 Å². The maximum absolute atomic E-state index is 12.1. The third-order valence-corrected chi connectivity index (χ3v) is 3.41. The Balaban J connectivity index is 4.60. The van der Waals surface area contributed by atoms with Gasteiger partial charge >= 0.3 is 5.97 Å². The summed E-state index contributed by atoms with van der Waals surface area (Å²) in [5, 5.41) is 24.3. The van der Waals surface area contributed by atoms with Gasteiger partial charge in [0.15, 0.2) is 0 Å². The van der Waals surface area contributed by atoms with Crippen LogP contribution in [-0.2, 0) is 19.2 Å². The van der Waals surface area contributed by atoms with Crippen LogP contribution in [0.2, 0.25) is 0 Å². The lowest BCUT2D eigenvalue weighted by molar-refractivity contribution is -0.142. The fourth-order valence-electron chi connectivity index (χ4n) is 1.59. The molecule has 0 aromatic heterocycles. The van der Waals surface area contributed by atoms with E-state index in [9.17, 15) is 19.2 Å². The van der Waals surface area contributed by atoms with Crippen LogP contribution >= 0.6 is 12.6 Å². The summed E-state index contributed by atoms with van der Waals surface area (Å²) in [6.07, 6.45) is 0. The van der Waals surface area contributed by atoms with Crippen LogP contribution in [0.4, 0.5) is 0 Å². The number of aliphatic hydroxyl groups excluding tert-OH is 1. The molecule has 0 aromatic rings. The van der Waals surface area contributed by atoms with Crippen LogP contribution in [0.3, 0.4) is 0 Å². The SMILES string of the molecule is CC(C)C(NC(=O)C(N)CS)C(=O)NCC(=O)NC(CO)C(=O)O. The minimum Gasteiger partial charge on any atom is -0.480 e. The second kappa shape index (κ2) is 10.8. The van der Waals surface area contributed by atoms with Crippen LogP contribution in [0.15, 0.2) is 0 Å². The maximum atomic E-state index is 12.1. The van der Waals surface area contributed by atoms with E-state index in [1.54, 1.807) is 13.8 Å². The van der Waals surface area contributed by atoms with Gasteiger partial charge in [0.2, 0.25) is 17.7 Å². The summed E-state index contributed by atoms with van der Waals surface area (Å²) in [4.78, 5) is 46.1. The number of carbonyl (C=O) groups is 4. The van der Waals surface area contributed by atoms with E-state index in [0.29, 0.717) is 0 Å². The Morgan fingerprint density at radius 1 is 1.12 bits per heavy atom. The van der Waals surface area contributed by atoms with Crippen molar-refractivity contribution in [3.05, 3.63) is 0 Å². The molecule has 0 aliphatic carbocycles. The molecule has 10 nitrogen and oxygen atoms in total. The fraction of sp³-hybridized carbons (Fsp3) is 0.692. The number of rotatable bonds is 10. The highest BCUT2D eigenvalue weighted by Crippen LogP contribution is 2.02. The molecule has 0 aliphatic rings. The molecule has 3 atom stereocenters. The molecule has 0 bridgehead atoms. The number of aliphatic hydroxyl groups is 1. The monoisotopic (exact) mass is 364 g/mol. The summed E-state index contributed by atoms with van der Waals surface area (Å²) in [6, 6.07) is -3.24. The van der Waals surface area contributed by atoms with Gasteiger partial charge in [-0.2, -0.15) is 12.6 Å². The molecule has 0 spiro atoms. The fourth-order valence-corrected chi connectivity index (χ4v) is 1.75. The third-order valence-electron chi connectivity index (χ3n) is 3.02. The Bertz CT molecular complexity index is 473. The van der Waals surface area contributed by atoms with Gasteiger partial charge in [-0.1, -0.05) is 13.8 Å². The summed E-state index contributed by atoms with van der Waals surface area (Å²) < 4.78 is 0. The van der Waals surface area contributed by atoms with E-state index in [4.69, 9.17) is 15.9 Å². The Labute approximate surface area is 144 Å². The molecular formula is C13H24N4O6S. The van der Waals surface area contributed by atoms with Crippen LogP contribution in [0, 0.1) is 5.92 Å². The Morgan fingerprint density at radius 2 is 1.71 bits per heavy atom. The number of carbonyl (C=O) groups excluding carboxylic acids is 3. The Morgan fingerprint density at radius 3 is 2.12 bits per heavy atom. The molecule has 11 heteroatoms. The van der Waals surface area contributed by atoms with Gasteiger partial charge in [-0.05, 0) is 5.92 Å². The number of nitrogens with one attached hydrogen (secondary N) is 3. The Hall–Kier alpha value is -1.85. The molecule has 0 heterocycles. The first-order chi connectivity index (χ1) is 11.1. The van der Waals surface area contributed by atoms with Crippen LogP contribution in [0.25, 0.3) is 0 Å². The molecule has 0 aliphatic heterocycles. The molecule has 3 amide bonds. The second-order valence-electron chi connectivity index (χ2n) is 5.38. The first-order valence-electron chi connectivity index (χ1n) is 7.21. The molecule has 0 saturated carbocycles. The van der Waals surface area contributed by atoms with Crippen molar-refractivity contribution in [1.29, 1.82) is 0 Å². The van der Waals surface area contributed by atoms with Crippen molar-refractivity contribution in [2.45, 2.75) is 32.0 Å². The van der Waals surface area contributed by atoms with Crippen LogP contribution in [0.5, 0.6) is 0 Å². The molecule has 3 unspecified atom stereocenters. The predicted molar refractivity (Wildman–Crippen MR) is 88.3 cm³/mol. The van der Waals surface area contributed by atoms with Gasteiger partial charge in [0.1, 0.15) is 12.1 Å². The van der Waals surface area contributed by atoms with E-state index in [1.807, 2.05) is 5.32 Å². The molecule has 138 valence electrons. The van der Waals surface area contributed by atoms with Gasteiger partial charge in [0.05, 0.1) is 19.2 Å². The lowest BCUT2D eigenvalue weighted by atomic mass is 10.0. The predicted octanol–water partition coefficient (Wildman–Crippen LogP) is -2.94. The lowest BCUT2D eigenvalue weighted by Crippen LogP contribution is -2.55. The first kappa shape index (κ1) is 22.1. The average molecular weight is 364 g/mol. The smallest absolute Gasteiger partial charge is 0.328 e. The van der Waals surface area contributed by atoms with Crippen molar-refractivity contribution in [3.63, 3.8) is 0 Å². The molecule has 24 heavy (non-hydrogen) atoms. The van der Waals surface area contributed by atoms with E-state index in [0.717, 1.165) is 0 Å². The standard InChI is InChI=1S/C13H24N4O6S/c1-6(2)10(17-11(20)7(14)5-24)12(21)15-3-9(19)16-8(4-18)13(22)23/h6-8,10,18,24H,3-5,14H2,1-2H3,(H,15,21)(H,16,19)(H,17,20)(H,22,23). The molecule has 7 N–H and O–H groups in total. The van der Waals surface area contributed by atoms with Gasteiger partial charge in [-0.25, -0.2) is 4.79 Å². The number of aliphatic carboxylic acids is 1. The zero-order valence-corrected chi connectivity index (χ0v) is 14.4. The van der Waals surface area contributed by atoms with Gasteiger partial charge in [0.25, 0.3) is 0 Å². The molecular weight excluding hydrogens is 340 g/mol. The van der Waals surface area contributed by atoms with E-state index < -0.39 is 55.0 Å². The van der Waals surface area contributed by atoms with Gasteiger partial charge in [-0.15, -0.1) is 0 Å². The summed E-state index contributed by atoms with van der Waals surface area (Å²) in [5.41, 5.74) is 5.52. The third kappa shape index (κ3) is 7.62. The first-order valence-corrected chi connectivity index (χ1v) is 7.84. The molecule has 0 fully saturated rings. The summed E-state index contributed by atoms with van der Waals surface area (Å²) in [5.74, 6) is -3.51. The number of carboxylic acids is 1. The van der Waals surface area contributed by atoms with Crippen LogP contribution < -0.4 is 21.7 Å². The highest BCUT2D eigenvalue weighted by Gasteiger charge is 2.26. The maximum Gasteiger partial charge on any atom is 0.328 e. The second-order valence-corrected chi connectivity index (χ2v) is 5.74. The minimum atomic E-state index is -1.46. The van der Waals surface area contributed by atoms with Crippen molar-refractivity contribution < 1.29 is 29.4 Å². The van der Waals surface area contributed by atoms with E-state index in [1.165, 1.54) is 0 Å². The topological polar surface area (TPSA) is 171 Å². The zero-order chi connectivity index (χ0) is 18.9. The highest BCUT2D eigenvalue weighted by atomic mass is 32.1. The summed E-state index contributed by atoms with van der Waals surface area (Å²) >= 11 is 3.90.